The van der Waals surface area contributed by atoms with Crippen LogP contribution in [0.4, 0.5) is 20.4 Å². The predicted molar refractivity (Wildman–Crippen MR) is 96.8 cm³/mol. The molecule has 0 unspecified atom stereocenters. The van der Waals surface area contributed by atoms with Crippen molar-refractivity contribution in [1.82, 2.24) is 19.6 Å². The van der Waals surface area contributed by atoms with E-state index in [1.807, 2.05) is 19.2 Å². The van der Waals surface area contributed by atoms with E-state index in [4.69, 9.17) is 0 Å². The van der Waals surface area contributed by atoms with Crippen molar-refractivity contribution in [3.8, 4) is 11.3 Å². The molecule has 0 radical (unpaired) electrons. The van der Waals surface area contributed by atoms with Crippen LogP contribution in [0, 0.1) is 0 Å². The lowest BCUT2D eigenvalue weighted by atomic mass is 10.1. The molecule has 1 saturated heterocycles. The van der Waals surface area contributed by atoms with E-state index in [1.54, 1.807) is 12.3 Å². The van der Waals surface area contributed by atoms with Gasteiger partial charge in [-0.1, -0.05) is 0 Å². The fraction of sp³-hybridized carbons (Fsp3) is 0.389. The molecule has 4 heterocycles. The molecule has 0 aliphatic carbocycles. The summed E-state index contributed by atoms with van der Waals surface area (Å²) in [6.45, 7) is 1.95. The number of halogens is 2. The van der Waals surface area contributed by atoms with Crippen LogP contribution in [0.3, 0.4) is 0 Å². The van der Waals surface area contributed by atoms with Crippen LogP contribution < -0.4 is 10.2 Å². The van der Waals surface area contributed by atoms with Crippen LogP contribution in [0.5, 0.6) is 0 Å². The third-order valence-corrected chi connectivity index (χ3v) is 4.65. The molecule has 0 spiro atoms. The summed E-state index contributed by atoms with van der Waals surface area (Å²) < 4.78 is 27.5. The normalized spacial score (nSPS) is 15.0. The Morgan fingerprint density at radius 3 is 2.65 bits per heavy atom. The summed E-state index contributed by atoms with van der Waals surface area (Å²) in [6.07, 6.45) is 2.57. The zero-order valence-corrected chi connectivity index (χ0v) is 14.5. The van der Waals surface area contributed by atoms with Crippen molar-refractivity contribution >= 4 is 17.3 Å². The molecule has 1 fully saturated rings. The van der Waals surface area contributed by atoms with Gasteiger partial charge in [-0.25, -0.2) is 23.3 Å². The maximum Gasteiger partial charge on any atom is 0.282 e. The van der Waals surface area contributed by atoms with Gasteiger partial charge < -0.3 is 10.2 Å². The van der Waals surface area contributed by atoms with Crippen molar-refractivity contribution in [3.05, 3.63) is 36.2 Å². The van der Waals surface area contributed by atoms with Crippen molar-refractivity contribution < 1.29 is 8.78 Å². The summed E-state index contributed by atoms with van der Waals surface area (Å²) in [4.78, 5) is 11.2. The first-order valence-corrected chi connectivity index (χ1v) is 8.74. The topological polar surface area (TPSA) is 58.4 Å². The van der Waals surface area contributed by atoms with Crippen LogP contribution in [-0.4, -0.2) is 39.7 Å². The third kappa shape index (κ3) is 3.07. The van der Waals surface area contributed by atoms with Crippen LogP contribution >= 0.6 is 0 Å². The predicted octanol–water partition coefficient (Wildman–Crippen LogP) is 3.76. The van der Waals surface area contributed by atoms with Crippen molar-refractivity contribution in [2.75, 3.05) is 30.4 Å². The first-order valence-electron chi connectivity index (χ1n) is 8.74. The Balaban J connectivity index is 1.81. The molecule has 0 saturated carbocycles. The number of hydrogen-bond acceptors (Lipinski definition) is 5. The Labute approximate surface area is 149 Å². The van der Waals surface area contributed by atoms with Gasteiger partial charge in [-0.2, -0.15) is 5.10 Å². The van der Waals surface area contributed by atoms with Gasteiger partial charge in [-0.15, -0.1) is 0 Å². The molecule has 136 valence electrons. The number of anilines is 2. The lowest BCUT2D eigenvalue weighted by Crippen LogP contribution is -2.30. The summed E-state index contributed by atoms with van der Waals surface area (Å²) in [6, 6.07) is 6.73. The maximum absolute atomic E-state index is 13.0. The van der Waals surface area contributed by atoms with Crippen LogP contribution in [0.15, 0.2) is 30.5 Å². The Morgan fingerprint density at radius 2 is 1.92 bits per heavy atom. The number of nitrogens with zero attached hydrogens (tertiary/aromatic N) is 5. The van der Waals surface area contributed by atoms with Crippen LogP contribution in [0.1, 0.15) is 31.4 Å². The van der Waals surface area contributed by atoms with Gasteiger partial charge in [0.1, 0.15) is 17.3 Å². The highest BCUT2D eigenvalue weighted by Crippen LogP contribution is 2.29. The number of piperidine rings is 1. The van der Waals surface area contributed by atoms with Gasteiger partial charge in [0, 0.05) is 25.7 Å². The summed E-state index contributed by atoms with van der Waals surface area (Å²) in [5.41, 5.74) is 1.78. The minimum absolute atomic E-state index is 0.268. The molecule has 1 aliphatic heterocycles. The summed E-state index contributed by atoms with van der Waals surface area (Å²) in [7, 11) is 1.81. The molecule has 6 nitrogen and oxygen atoms in total. The van der Waals surface area contributed by atoms with E-state index >= 15 is 0 Å². The number of pyridine rings is 1. The second-order valence-corrected chi connectivity index (χ2v) is 6.37. The maximum atomic E-state index is 13.0. The Hall–Kier alpha value is -2.77. The molecule has 26 heavy (non-hydrogen) atoms. The molecular formula is C18H20F2N6. The minimum Gasteiger partial charge on any atom is -0.373 e. The van der Waals surface area contributed by atoms with Gasteiger partial charge in [0.2, 0.25) is 0 Å². The average Bonchev–Trinajstić information content (AvgIpc) is 3.11. The standard InChI is InChI=1S/C18H20F2N6/c1-21-15-9-12(10-17(23-15)25-7-3-2-4-8-25)14-11-22-16-6-5-13(18(19)20)24-26(14)16/h5-6,9-11,18H,2-4,7-8H2,1H3,(H,21,23). The molecule has 8 heteroatoms. The van der Waals surface area contributed by atoms with Gasteiger partial charge in [-0.3, -0.25) is 0 Å². The SMILES string of the molecule is CNc1cc(-c2cnc3ccc(C(F)F)nn23)cc(N2CCCCC2)n1. The molecule has 0 bridgehead atoms. The fourth-order valence-electron chi connectivity index (χ4n) is 3.28. The van der Waals surface area contributed by atoms with Crippen molar-refractivity contribution in [2.45, 2.75) is 25.7 Å². The summed E-state index contributed by atoms with van der Waals surface area (Å²) in [5, 5.41) is 7.14. The van der Waals surface area contributed by atoms with E-state index in [9.17, 15) is 8.78 Å². The van der Waals surface area contributed by atoms with Crippen LogP contribution in [0.25, 0.3) is 16.9 Å². The number of alkyl halides is 2. The molecule has 1 aliphatic rings. The highest BCUT2D eigenvalue weighted by molar-refractivity contribution is 5.70. The highest BCUT2D eigenvalue weighted by atomic mass is 19.3. The van der Waals surface area contributed by atoms with E-state index in [1.165, 1.54) is 17.0 Å². The highest BCUT2D eigenvalue weighted by Gasteiger charge is 2.17. The third-order valence-electron chi connectivity index (χ3n) is 4.65. The van der Waals surface area contributed by atoms with Crippen molar-refractivity contribution in [1.29, 1.82) is 0 Å². The zero-order chi connectivity index (χ0) is 18.1. The Morgan fingerprint density at radius 1 is 1.12 bits per heavy atom. The molecule has 1 N–H and O–H groups in total. The van der Waals surface area contributed by atoms with E-state index in [-0.39, 0.29) is 5.69 Å². The second kappa shape index (κ2) is 6.86. The fourth-order valence-corrected chi connectivity index (χ4v) is 3.28. The van der Waals surface area contributed by atoms with Gasteiger partial charge in [0.05, 0.1) is 11.9 Å². The zero-order valence-electron chi connectivity index (χ0n) is 14.5. The molecule has 0 aromatic carbocycles. The number of fused-ring (bicyclic) bond motifs is 1. The number of imidazole rings is 1. The van der Waals surface area contributed by atoms with Crippen LogP contribution in [0.2, 0.25) is 0 Å². The Kier molecular flexibility index (Phi) is 4.40. The monoisotopic (exact) mass is 358 g/mol. The van der Waals surface area contributed by atoms with Crippen molar-refractivity contribution in [2.24, 2.45) is 0 Å². The molecule has 0 amide bonds. The molecule has 0 atom stereocenters. The quantitative estimate of drug-likeness (QED) is 0.769. The first-order chi connectivity index (χ1) is 12.7. The lowest BCUT2D eigenvalue weighted by Gasteiger charge is -2.28. The molecular weight excluding hydrogens is 338 g/mol. The van der Waals surface area contributed by atoms with Crippen LogP contribution in [-0.2, 0) is 0 Å². The lowest BCUT2D eigenvalue weighted by molar-refractivity contribution is 0.144. The van der Waals surface area contributed by atoms with Gasteiger partial charge in [0.25, 0.3) is 6.43 Å². The van der Waals surface area contributed by atoms with Gasteiger partial charge in [-0.05, 0) is 43.5 Å². The van der Waals surface area contributed by atoms with Gasteiger partial charge >= 0.3 is 0 Å². The average molecular weight is 358 g/mol. The number of rotatable bonds is 4. The smallest absolute Gasteiger partial charge is 0.282 e. The molecule has 3 aromatic heterocycles. The largest absolute Gasteiger partial charge is 0.373 e. The summed E-state index contributed by atoms with van der Waals surface area (Å²) in [5.74, 6) is 1.61. The number of aromatic nitrogens is 4. The van der Waals surface area contributed by atoms with Crippen molar-refractivity contribution in [3.63, 3.8) is 0 Å². The minimum atomic E-state index is -2.62. The number of hydrogen-bond donors (Lipinski definition) is 1. The molecule has 4 rings (SSSR count). The second-order valence-electron chi connectivity index (χ2n) is 6.37. The summed E-state index contributed by atoms with van der Waals surface area (Å²) >= 11 is 0. The number of nitrogens with one attached hydrogen (secondary N) is 1. The Bertz CT molecular complexity index is 917. The molecule has 3 aromatic rings. The van der Waals surface area contributed by atoms with E-state index in [0.29, 0.717) is 11.3 Å². The van der Waals surface area contributed by atoms with E-state index < -0.39 is 6.43 Å². The van der Waals surface area contributed by atoms with E-state index in [0.717, 1.165) is 43.1 Å². The van der Waals surface area contributed by atoms with Gasteiger partial charge in [0.15, 0.2) is 5.65 Å². The van der Waals surface area contributed by atoms with E-state index in [2.05, 4.69) is 25.3 Å². The first kappa shape index (κ1) is 16.7.